The van der Waals surface area contributed by atoms with Crippen LogP contribution in [0.5, 0.6) is 0 Å². The molecule has 0 aromatic heterocycles. The molecule has 14 heavy (non-hydrogen) atoms. The third-order valence-electron chi connectivity index (χ3n) is 2.33. The summed E-state index contributed by atoms with van der Waals surface area (Å²) in [6.07, 6.45) is 0. The number of hydrogen-bond donors (Lipinski definition) is 0. The van der Waals surface area contributed by atoms with Crippen LogP contribution < -0.4 is 0 Å². The van der Waals surface area contributed by atoms with E-state index in [2.05, 4.69) is 65.0 Å². The summed E-state index contributed by atoms with van der Waals surface area (Å²) < 4.78 is 0. The van der Waals surface area contributed by atoms with E-state index in [1.54, 1.807) is 0 Å². The molecular formula is C12H18BrN. The van der Waals surface area contributed by atoms with Crippen LogP contribution in [0, 0.1) is 0 Å². The third-order valence-corrected chi connectivity index (χ3v) is 2.69. The van der Waals surface area contributed by atoms with Gasteiger partial charge in [-0.1, -0.05) is 46.3 Å². The standard InChI is InChI=1S/C12H18BrN/c1-11(2)14(9-8-13)10-12-6-4-3-5-7-12/h3-7,11H,8-10H2,1-2H3. The van der Waals surface area contributed by atoms with Crippen LogP contribution in [-0.2, 0) is 6.54 Å². The van der Waals surface area contributed by atoms with Gasteiger partial charge in [-0.3, -0.25) is 4.90 Å². The average Bonchev–Trinajstić information content (AvgIpc) is 2.18. The molecule has 0 spiro atoms. The Bertz CT molecular complexity index is 246. The fourth-order valence-corrected chi connectivity index (χ4v) is 1.90. The molecular weight excluding hydrogens is 238 g/mol. The predicted molar refractivity (Wildman–Crippen MR) is 65.8 cm³/mol. The van der Waals surface area contributed by atoms with Gasteiger partial charge in [-0.15, -0.1) is 0 Å². The van der Waals surface area contributed by atoms with Crippen LogP contribution in [0.25, 0.3) is 0 Å². The van der Waals surface area contributed by atoms with Gasteiger partial charge in [-0.25, -0.2) is 0 Å². The number of benzene rings is 1. The zero-order valence-electron chi connectivity index (χ0n) is 8.91. The Labute approximate surface area is 95.2 Å². The largest absolute Gasteiger partial charge is 0.296 e. The first-order chi connectivity index (χ1) is 6.74. The van der Waals surface area contributed by atoms with Gasteiger partial charge in [0.25, 0.3) is 0 Å². The average molecular weight is 256 g/mol. The van der Waals surface area contributed by atoms with E-state index in [0.717, 1.165) is 18.4 Å². The molecule has 78 valence electrons. The Balaban J connectivity index is 2.55. The van der Waals surface area contributed by atoms with Crippen molar-refractivity contribution in [3.8, 4) is 0 Å². The van der Waals surface area contributed by atoms with E-state index in [1.807, 2.05) is 0 Å². The molecule has 0 N–H and O–H groups in total. The molecule has 0 aliphatic carbocycles. The third kappa shape index (κ3) is 3.81. The lowest BCUT2D eigenvalue weighted by atomic mass is 10.2. The molecule has 1 aromatic carbocycles. The molecule has 2 heteroatoms. The maximum absolute atomic E-state index is 3.49. The fourth-order valence-electron chi connectivity index (χ4n) is 1.45. The molecule has 0 saturated carbocycles. The molecule has 0 radical (unpaired) electrons. The van der Waals surface area contributed by atoms with Crippen molar-refractivity contribution in [1.82, 2.24) is 4.90 Å². The summed E-state index contributed by atoms with van der Waals surface area (Å²) in [7, 11) is 0. The van der Waals surface area contributed by atoms with Gasteiger partial charge in [-0.2, -0.15) is 0 Å². The van der Waals surface area contributed by atoms with Crippen molar-refractivity contribution >= 4 is 15.9 Å². The lowest BCUT2D eigenvalue weighted by Crippen LogP contribution is -2.31. The Kier molecular flexibility index (Phi) is 5.20. The van der Waals surface area contributed by atoms with E-state index in [-0.39, 0.29) is 0 Å². The highest BCUT2D eigenvalue weighted by atomic mass is 79.9. The number of halogens is 1. The van der Waals surface area contributed by atoms with Crippen LogP contribution in [0.2, 0.25) is 0 Å². The highest BCUT2D eigenvalue weighted by Gasteiger charge is 2.08. The lowest BCUT2D eigenvalue weighted by Gasteiger charge is -2.25. The first kappa shape index (κ1) is 11.7. The van der Waals surface area contributed by atoms with Crippen molar-refractivity contribution in [2.75, 3.05) is 11.9 Å². The van der Waals surface area contributed by atoms with Crippen molar-refractivity contribution in [3.63, 3.8) is 0 Å². The first-order valence-corrected chi connectivity index (χ1v) is 6.20. The highest BCUT2D eigenvalue weighted by molar-refractivity contribution is 9.09. The summed E-state index contributed by atoms with van der Waals surface area (Å²) in [5.74, 6) is 0. The van der Waals surface area contributed by atoms with Gasteiger partial charge in [-0.05, 0) is 19.4 Å². The number of nitrogens with zero attached hydrogens (tertiary/aromatic N) is 1. The Morgan fingerprint density at radius 1 is 1.21 bits per heavy atom. The normalized spacial score (nSPS) is 11.2. The minimum absolute atomic E-state index is 0.604. The minimum Gasteiger partial charge on any atom is -0.296 e. The lowest BCUT2D eigenvalue weighted by molar-refractivity contribution is 0.227. The number of hydrogen-bond acceptors (Lipinski definition) is 1. The van der Waals surface area contributed by atoms with Gasteiger partial charge in [0.2, 0.25) is 0 Å². The molecule has 0 aliphatic heterocycles. The summed E-state index contributed by atoms with van der Waals surface area (Å²) in [4.78, 5) is 2.46. The van der Waals surface area contributed by atoms with Crippen LogP contribution in [0.1, 0.15) is 19.4 Å². The SMILES string of the molecule is CC(C)N(CCBr)Cc1ccccc1. The van der Waals surface area contributed by atoms with Crippen molar-refractivity contribution in [2.45, 2.75) is 26.4 Å². The maximum Gasteiger partial charge on any atom is 0.0236 e. The van der Waals surface area contributed by atoms with Crippen molar-refractivity contribution in [3.05, 3.63) is 35.9 Å². The molecule has 0 amide bonds. The molecule has 1 aromatic rings. The quantitative estimate of drug-likeness (QED) is 0.731. The zero-order valence-corrected chi connectivity index (χ0v) is 10.5. The first-order valence-electron chi connectivity index (χ1n) is 5.08. The highest BCUT2D eigenvalue weighted by Crippen LogP contribution is 2.08. The second-order valence-electron chi connectivity index (χ2n) is 3.74. The van der Waals surface area contributed by atoms with E-state index >= 15 is 0 Å². The summed E-state index contributed by atoms with van der Waals surface area (Å²) in [6.45, 7) is 6.63. The second kappa shape index (κ2) is 6.20. The molecule has 0 saturated heterocycles. The molecule has 0 unspecified atom stereocenters. The zero-order chi connectivity index (χ0) is 10.4. The van der Waals surface area contributed by atoms with E-state index < -0.39 is 0 Å². The Morgan fingerprint density at radius 2 is 1.86 bits per heavy atom. The molecule has 1 rings (SSSR count). The molecule has 0 aliphatic rings. The molecule has 0 fully saturated rings. The van der Waals surface area contributed by atoms with Gasteiger partial charge in [0.15, 0.2) is 0 Å². The van der Waals surface area contributed by atoms with Crippen molar-refractivity contribution in [1.29, 1.82) is 0 Å². The fraction of sp³-hybridized carbons (Fsp3) is 0.500. The van der Waals surface area contributed by atoms with E-state index in [1.165, 1.54) is 5.56 Å². The van der Waals surface area contributed by atoms with Crippen molar-refractivity contribution in [2.24, 2.45) is 0 Å². The van der Waals surface area contributed by atoms with Crippen LogP contribution in [0.4, 0.5) is 0 Å². The van der Waals surface area contributed by atoms with Gasteiger partial charge < -0.3 is 0 Å². The Hall–Kier alpha value is -0.340. The van der Waals surface area contributed by atoms with Gasteiger partial charge in [0, 0.05) is 24.5 Å². The van der Waals surface area contributed by atoms with Crippen molar-refractivity contribution < 1.29 is 0 Å². The summed E-state index contributed by atoms with van der Waals surface area (Å²) >= 11 is 3.49. The minimum atomic E-state index is 0.604. The van der Waals surface area contributed by atoms with E-state index in [0.29, 0.717) is 6.04 Å². The molecule has 0 heterocycles. The smallest absolute Gasteiger partial charge is 0.0236 e. The number of rotatable bonds is 5. The topological polar surface area (TPSA) is 3.24 Å². The van der Waals surface area contributed by atoms with Crippen LogP contribution >= 0.6 is 15.9 Å². The van der Waals surface area contributed by atoms with E-state index in [4.69, 9.17) is 0 Å². The Morgan fingerprint density at radius 3 is 2.36 bits per heavy atom. The summed E-state index contributed by atoms with van der Waals surface area (Å²) in [6, 6.07) is 11.2. The maximum atomic E-state index is 3.49. The van der Waals surface area contributed by atoms with Crippen LogP contribution in [0.15, 0.2) is 30.3 Å². The second-order valence-corrected chi connectivity index (χ2v) is 4.53. The van der Waals surface area contributed by atoms with Crippen LogP contribution in [-0.4, -0.2) is 22.8 Å². The van der Waals surface area contributed by atoms with Gasteiger partial charge in [0.1, 0.15) is 0 Å². The molecule has 1 nitrogen and oxygen atoms in total. The molecule has 0 atom stereocenters. The van der Waals surface area contributed by atoms with Gasteiger partial charge in [0.05, 0.1) is 0 Å². The predicted octanol–water partition coefficient (Wildman–Crippen LogP) is 3.29. The summed E-state index contributed by atoms with van der Waals surface area (Å²) in [5, 5.41) is 1.04. The van der Waals surface area contributed by atoms with Gasteiger partial charge >= 0.3 is 0 Å². The number of alkyl halides is 1. The molecule has 0 bridgehead atoms. The monoisotopic (exact) mass is 255 g/mol. The van der Waals surface area contributed by atoms with Crippen LogP contribution in [0.3, 0.4) is 0 Å². The summed E-state index contributed by atoms with van der Waals surface area (Å²) in [5.41, 5.74) is 1.39. The van der Waals surface area contributed by atoms with E-state index in [9.17, 15) is 0 Å².